The number of nitrogens with zero attached hydrogens (tertiary/aromatic N) is 1. The average molecular weight is 288 g/mol. The van der Waals surface area contributed by atoms with Crippen molar-refractivity contribution in [1.29, 1.82) is 0 Å². The number of carbonyl (C=O) groups is 2. The van der Waals surface area contributed by atoms with Gasteiger partial charge in [0.15, 0.2) is 0 Å². The summed E-state index contributed by atoms with van der Waals surface area (Å²) in [7, 11) is 1.31. The first-order chi connectivity index (χ1) is 7.13. The van der Waals surface area contributed by atoms with E-state index in [9.17, 15) is 9.59 Å². The molecule has 0 aliphatic carbocycles. The van der Waals surface area contributed by atoms with E-state index >= 15 is 0 Å². The van der Waals surface area contributed by atoms with Crippen LogP contribution in [0, 0.1) is 0 Å². The third-order valence-electron chi connectivity index (χ3n) is 2.01. The largest absolute Gasteiger partial charge is 0.465 e. The number of fused-ring (bicyclic) bond motifs is 1. The predicted octanol–water partition coefficient (Wildman–Crippen LogP) is 1.42. The van der Waals surface area contributed by atoms with Gasteiger partial charge in [-0.15, -0.1) is 11.8 Å². The number of ether oxygens (including phenoxy) is 1. The number of methoxy groups -OCH3 is 1. The van der Waals surface area contributed by atoms with Gasteiger partial charge in [0.25, 0.3) is 5.91 Å². The molecule has 0 fully saturated rings. The van der Waals surface area contributed by atoms with Crippen LogP contribution in [0.1, 0.15) is 0 Å². The van der Waals surface area contributed by atoms with Crippen LogP contribution in [0.4, 0.5) is 0 Å². The van der Waals surface area contributed by atoms with E-state index in [0.717, 1.165) is 10.1 Å². The Morgan fingerprint density at radius 3 is 3.00 bits per heavy atom. The number of carbonyl (C=O) groups excluding carboxylic acids is 2. The van der Waals surface area contributed by atoms with Gasteiger partial charge in [0.05, 0.1) is 12.0 Å². The molecule has 0 saturated carbocycles. The molecular weight excluding hydrogens is 282 g/mol. The number of allylic oxidation sites excluding steroid dienone is 2. The number of hydrogen-bond donors (Lipinski definition) is 0. The van der Waals surface area contributed by atoms with Gasteiger partial charge < -0.3 is 4.74 Å². The van der Waals surface area contributed by atoms with E-state index in [1.54, 1.807) is 6.08 Å². The fourth-order valence-corrected chi connectivity index (χ4v) is 3.00. The summed E-state index contributed by atoms with van der Waals surface area (Å²) in [6.45, 7) is 0. The number of esters is 1. The Morgan fingerprint density at radius 1 is 1.67 bits per heavy atom. The molecule has 0 aromatic heterocycles. The van der Waals surface area contributed by atoms with E-state index in [1.165, 1.54) is 25.1 Å². The summed E-state index contributed by atoms with van der Waals surface area (Å²) in [4.78, 5) is 26.8. The maximum absolute atomic E-state index is 11.4. The molecule has 6 heteroatoms. The van der Waals surface area contributed by atoms with Crippen molar-refractivity contribution < 1.29 is 14.3 Å². The van der Waals surface area contributed by atoms with Crippen molar-refractivity contribution in [2.45, 2.75) is 5.25 Å². The zero-order chi connectivity index (χ0) is 11.0. The number of hydrogen-bond acceptors (Lipinski definition) is 4. The van der Waals surface area contributed by atoms with Crippen molar-refractivity contribution in [2.24, 2.45) is 4.99 Å². The molecule has 0 aromatic carbocycles. The molecule has 0 N–H and O–H groups in total. The first kappa shape index (κ1) is 10.6. The van der Waals surface area contributed by atoms with Crippen molar-refractivity contribution >= 4 is 45.8 Å². The Morgan fingerprint density at radius 2 is 2.40 bits per heavy atom. The van der Waals surface area contributed by atoms with Crippen LogP contribution in [0.15, 0.2) is 26.0 Å². The van der Waals surface area contributed by atoms with E-state index < -0.39 is 11.2 Å². The van der Waals surface area contributed by atoms with Gasteiger partial charge in [-0.1, -0.05) is 0 Å². The molecule has 1 atom stereocenters. The monoisotopic (exact) mass is 287 g/mol. The van der Waals surface area contributed by atoms with Gasteiger partial charge in [0.1, 0.15) is 5.25 Å². The van der Waals surface area contributed by atoms with E-state index in [0.29, 0.717) is 4.91 Å². The molecule has 4 nitrogen and oxygen atoms in total. The highest BCUT2D eigenvalue weighted by atomic mass is 79.9. The van der Waals surface area contributed by atoms with Crippen LogP contribution in [0.5, 0.6) is 0 Å². The second-order valence-electron chi connectivity index (χ2n) is 2.90. The maximum atomic E-state index is 11.4. The standard InChI is InChI=1S/C9H6BrNO3S/c1-14-9(13)6-2-4-5(10)3-11-8(12)7(4)15-6/h2-3,7H,1H3. The molecule has 0 radical (unpaired) electrons. The number of dihydropyridines is 1. The molecule has 0 bridgehead atoms. The lowest BCUT2D eigenvalue weighted by Gasteiger charge is -2.11. The summed E-state index contributed by atoms with van der Waals surface area (Å²) in [5.74, 6) is -0.664. The normalized spacial score (nSPS) is 24.0. The van der Waals surface area contributed by atoms with Gasteiger partial charge >= 0.3 is 5.97 Å². The van der Waals surface area contributed by atoms with Crippen LogP contribution < -0.4 is 0 Å². The Balaban J connectivity index is 2.36. The average Bonchev–Trinajstić information content (AvgIpc) is 2.68. The van der Waals surface area contributed by atoms with E-state index in [-0.39, 0.29) is 5.91 Å². The molecule has 2 aliphatic heterocycles. The number of thioether (sulfide) groups is 1. The fraction of sp³-hybridized carbons (Fsp3) is 0.222. The van der Waals surface area contributed by atoms with Crippen LogP contribution >= 0.6 is 27.7 Å². The van der Waals surface area contributed by atoms with Crippen LogP contribution in [0.25, 0.3) is 0 Å². The van der Waals surface area contributed by atoms with E-state index in [1.807, 2.05) is 0 Å². The van der Waals surface area contributed by atoms with Crippen LogP contribution in [-0.4, -0.2) is 30.5 Å². The highest BCUT2D eigenvalue weighted by molar-refractivity contribution is 9.12. The zero-order valence-corrected chi connectivity index (χ0v) is 10.1. The minimum absolute atomic E-state index is 0.242. The Labute approximate surface area is 98.6 Å². The summed E-state index contributed by atoms with van der Waals surface area (Å²) in [6, 6.07) is 0. The van der Waals surface area contributed by atoms with Crippen molar-refractivity contribution in [1.82, 2.24) is 0 Å². The summed E-state index contributed by atoms with van der Waals surface area (Å²) in [6.07, 6.45) is 3.11. The summed E-state index contributed by atoms with van der Waals surface area (Å²) in [5, 5.41) is -0.404. The zero-order valence-electron chi connectivity index (χ0n) is 7.69. The summed E-state index contributed by atoms with van der Waals surface area (Å²) in [5.41, 5.74) is 0.778. The number of amides is 1. The molecule has 1 unspecified atom stereocenters. The lowest BCUT2D eigenvalue weighted by Crippen LogP contribution is -2.18. The third kappa shape index (κ3) is 1.79. The van der Waals surface area contributed by atoms with Gasteiger partial charge in [-0.25, -0.2) is 9.79 Å². The minimum atomic E-state index is -0.421. The smallest absolute Gasteiger partial charge is 0.344 e. The SMILES string of the molecule is COC(=O)C1=CC2=C(Br)C=NC(=O)C2S1. The van der Waals surface area contributed by atoms with Gasteiger partial charge in [-0.3, -0.25) is 4.79 Å². The Bertz CT molecular complexity index is 439. The van der Waals surface area contributed by atoms with E-state index in [4.69, 9.17) is 0 Å². The molecule has 2 rings (SSSR count). The highest BCUT2D eigenvalue weighted by Crippen LogP contribution is 2.41. The molecule has 2 aliphatic rings. The van der Waals surface area contributed by atoms with Crippen LogP contribution in [-0.2, 0) is 14.3 Å². The summed E-state index contributed by atoms with van der Waals surface area (Å²) < 4.78 is 5.33. The number of halogens is 1. The first-order valence-corrected chi connectivity index (χ1v) is 5.75. The minimum Gasteiger partial charge on any atom is -0.465 e. The maximum Gasteiger partial charge on any atom is 0.344 e. The molecule has 2 heterocycles. The molecule has 0 saturated heterocycles. The van der Waals surface area contributed by atoms with Crippen LogP contribution in [0.2, 0.25) is 0 Å². The van der Waals surface area contributed by atoms with E-state index in [2.05, 4.69) is 25.7 Å². The molecule has 78 valence electrons. The molecule has 15 heavy (non-hydrogen) atoms. The van der Waals surface area contributed by atoms with Crippen molar-refractivity contribution in [3.8, 4) is 0 Å². The molecule has 0 aromatic rings. The fourth-order valence-electron chi connectivity index (χ4n) is 1.29. The first-order valence-electron chi connectivity index (χ1n) is 4.07. The lowest BCUT2D eigenvalue weighted by molar-refractivity contribution is -0.135. The highest BCUT2D eigenvalue weighted by Gasteiger charge is 2.35. The Hall–Kier alpha value is -0.880. The molecular formula is C9H6BrNO3S. The van der Waals surface area contributed by atoms with Gasteiger partial charge in [-0.05, 0) is 27.6 Å². The third-order valence-corrected chi connectivity index (χ3v) is 3.90. The van der Waals surface area contributed by atoms with Crippen molar-refractivity contribution in [2.75, 3.05) is 7.11 Å². The molecule has 0 spiro atoms. The second kappa shape index (κ2) is 3.94. The molecule has 1 amide bonds. The van der Waals surface area contributed by atoms with Gasteiger partial charge in [-0.2, -0.15) is 0 Å². The second-order valence-corrected chi connectivity index (χ2v) is 4.90. The summed E-state index contributed by atoms with van der Waals surface area (Å²) >= 11 is 4.46. The van der Waals surface area contributed by atoms with Crippen molar-refractivity contribution in [3.63, 3.8) is 0 Å². The van der Waals surface area contributed by atoms with Crippen LogP contribution in [0.3, 0.4) is 0 Å². The van der Waals surface area contributed by atoms with Gasteiger partial charge in [0.2, 0.25) is 0 Å². The number of rotatable bonds is 1. The topological polar surface area (TPSA) is 55.7 Å². The van der Waals surface area contributed by atoms with Crippen molar-refractivity contribution in [3.05, 3.63) is 21.0 Å². The quantitative estimate of drug-likeness (QED) is 0.685. The number of aliphatic imine (C=N–C) groups is 1. The Kier molecular flexibility index (Phi) is 2.79. The lowest BCUT2D eigenvalue weighted by atomic mass is 10.1. The van der Waals surface area contributed by atoms with Gasteiger partial charge in [0, 0.05) is 10.7 Å². The predicted molar refractivity (Wildman–Crippen MR) is 60.9 cm³/mol.